The van der Waals surface area contributed by atoms with Gasteiger partial charge in [-0.05, 0) is 23.6 Å². The van der Waals surface area contributed by atoms with Crippen molar-refractivity contribution in [3.05, 3.63) is 57.2 Å². The summed E-state index contributed by atoms with van der Waals surface area (Å²) in [7, 11) is 0. The molecular weight excluding hydrogens is 262 g/mol. The maximum Gasteiger partial charge on any atom is 0.0561 e. The highest BCUT2D eigenvalue weighted by Crippen LogP contribution is 2.37. The summed E-state index contributed by atoms with van der Waals surface area (Å²) in [6, 6.07) is 12.8. The van der Waals surface area contributed by atoms with Crippen LogP contribution in [-0.4, -0.2) is 6.54 Å². The zero-order valence-electron chi connectivity index (χ0n) is 10.7. The quantitative estimate of drug-likeness (QED) is 0.824. The van der Waals surface area contributed by atoms with E-state index in [1.165, 1.54) is 10.4 Å². The minimum Gasteiger partial charge on any atom is -0.309 e. The molecule has 1 nitrogen and oxygen atoms in total. The van der Waals surface area contributed by atoms with Crippen LogP contribution >= 0.6 is 22.9 Å². The summed E-state index contributed by atoms with van der Waals surface area (Å²) >= 11 is 8.00. The Bertz CT molecular complexity index is 480. The van der Waals surface area contributed by atoms with Gasteiger partial charge < -0.3 is 5.32 Å². The van der Waals surface area contributed by atoms with Crippen LogP contribution in [0.1, 0.15) is 36.2 Å². The maximum atomic E-state index is 6.27. The van der Waals surface area contributed by atoms with Gasteiger partial charge in [0, 0.05) is 16.8 Å². The Kier molecular flexibility index (Phi) is 4.81. The third-order valence-electron chi connectivity index (χ3n) is 3.18. The van der Waals surface area contributed by atoms with Gasteiger partial charge in [-0.1, -0.05) is 55.8 Å². The number of hydrogen-bond donors (Lipinski definition) is 1. The minimum atomic E-state index is 0.282. The van der Waals surface area contributed by atoms with Gasteiger partial charge in [0.2, 0.25) is 0 Å². The molecule has 2 rings (SSSR count). The van der Waals surface area contributed by atoms with E-state index in [4.69, 9.17) is 11.6 Å². The number of benzene rings is 1. The second-order valence-corrected chi connectivity index (χ2v) is 5.72. The third kappa shape index (κ3) is 2.94. The molecular formula is C15H18ClNS. The first-order chi connectivity index (χ1) is 8.74. The zero-order valence-corrected chi connectivity index (χ0v) is 12.3. The van der Waals surface area contributed by atoms with Crippen LogP contribution in [-0.2, 0) is 0 Å². The summed E-state index contributed by atoms with van der Waals surface area (Å²) in [6.07, 6.45) is 0. The van der Waals surface area contributed by atoms with E-state index >= 15 is 0 Å². The van der Waals surface area contributed by atoms with E-state index in [1.807, 2.05) is 6.07 Å². The average Bonchev–Trinajstić information content (AvgIpc) is 2.82. The Hall–Kier alpha value is -0.830. The number of rotatable bonds is 5. The molecule has 1 aromatic carbocycles. The van der Waals surface area contributed by atoms with Crippen molar-refractivity contribution >= 4 is 22.9 Å². The van der Waals surface area contributed by atoms with Crippen molar-refractivity contribution in [2.24, 2.45) is 0 Å². The molecule has 2 atom stereocenters. The minimum absolute atomic E-state index is 0.282. The predicted molar refractivity (Wildman–Crippen MR) is 80.6 cm³/mol. The monoisotopic (exact) mass is 279 g/mol. The molecule has 0 aliphatic rings. The van der Waals surface area contributed by atoms with Crippen LogP contribution in [0.3, 0.4) is 0 Å². The molecule has 1 aromatic heterocycles. The summed E-state index contributed by atoms with van der Waals surface area (Å²) < 4.78 is 0. The van der Waals surface area contributed by atoms with Crippen molar-refractivity contribution in [2.75, 3.05) is 6.54 Å². The summed E-state index contributed by atoms with van der Waals surface area (Å²) in [5, 5.41) is 6.47. The Morgan fingerprint density at radius 3 is 2.50 bits per heavy atom. The Labute approximate surface area is 118 Å². The van der Waals surface area contributed by atoms with Gasteiger partial charge in [-0.15, -0.1) is 11.3 Å². The van der Waals surface area contributed by atoms with Gasteiger partial charge in [0.05, 0.1) is 5.02 Å². The fourth-order valence-corrected chi connectivity index (χ4v) is 3.55. The average molecular weight is 280 g/mol. The number of thiophene rings is 1. The molecule has 0 aliphatic carbocycles. The number of halogens is 1. The molecule has 1 heterocycles. The van der Waals surface area contributed by atoms with Gasteiger partial charge in [-0.3, -0.25) is 0 Å². The Balaban J connectivity index is 2.28. The molecule has 3 heteroatoms. The van der Waals surface area contributed by atoms with E-state index in [1.54, 1.807) is 11.3 Å². The second-order valence-electron chi connectivity index (χ2n) is 4.37. The highest BCUT2D eigenvalue weighted by Gasteiger charge is 2.22. The Morgan fingerprint density at radius 2 is 1.94 bits per heavy atom. The summed E-state index contributed by atoms with van der Waals surface area (Å²) in [6.45, 7) is 5.32. The molecule has 0 saturated heterocycles. The smallest absolute Gasteiger partial charge is 0.0561 e. The van der Waals surface area contributed by atoms with Gasteiger partial charge in [0.25, 0.3) is 0 Å². The number of nitrogens with one attached hydrogen (secondary N) is 1. The van der Waals surface area contributed by atoms with Crippen LogP contribution in [0.25, 0.3) is 0 Å². The molecule has 0 amide bonds. The summed E-state index contributed by atoms with van der Waals surface area (Å²) in [4.78, 5) is 1.23. The van der Waals surface area contributed by atoms with Gasteiger partial charge in [-0.25, -0.2) is 0 Å². The van der Waals surface area contributed by atoms with Crippen LogP contribution in [0.2, 0.25) is 5.02 Å². The summed E-state index contributed by atoms with van der Waals surface area (Å²) in [5.41, 5.74) is 1.34. The van der Waals surface area contributed by atoms with E-state index in [-0.39, 0.29) is 6.04 Å². The number of hydrogen-bond acceptors (Lipinski definition) is 2. The molecule has 0 spiro atoms. The Morgan fingerprint density at radius 1 is 1.22 bits per heavy atom. The first kappa shape index (κ1) is 13.6. The molecule has 96 valence electrons. The number of likely N-dealkylation sites (N-methyl/N-ethyl adjacent to an activating group) is 1. The molecule has 0 bridgehead atoms. The van der Waals surface area contributed by atoms with Crippen LogP contribution in [0.15, 0.2) is 41.8 Å². The lowest BCUT2D eigenvalue weighted by Gasteiger charge is -2.24. The fraction of sp³-hybridized carbons (Fsp3) is 0.333. The van der Waals surface area contributed by atoms with Crippen molar-refractivity contribution in [2.45, 2.75) is 25.8 Å². The standard InChI is InChI=1S/C15H18ClNS/c1-3-17-14(15-13(16)9-10-18-15)11(2)12-7-5-4-6-8-12/h4-11,14,17H,3H2,1-2H3. The van der Waals surface area contributed by atoms with Crippen LogP contribution in [0, 0.1) is 0 Å². The highest BCUT2D eigenvalue weighted by molar-refractivity contribution is 7.10. The van der Waals surface area contributed by atoms with Crippen LogP contribution in [0.4, 0.5) is 0 Å². The topological polar surface area (TPSA) is 12.0 Å². The van der Waals surface area contributed by atoms with Crippen molar-refractivity contribution in [1.29, 1.82) is 0 Å². The molecule has 2 aromatic rings. The van der Waals surface area contributed by atoms with Crippen molar-refractivity contribution < 1.29 is 0 Å². The SMILES string of the molecule is CCNC(c1sccc1Cl)C(C)c1ccccc1. The first-order valence-electron chi connectivity index (χ1n) is 6.25. The van der Waals surface area contributed by atoms with Crippen molar-refractivity contribution in [3.63, 3.8) is 0 Å². The molecule has 0 fully saturated rings. The van der Waals surface area contributed by atoms with Crippen LogP contribution in [0.5, 0.6) is 0 Å². The molecule has 0 radical (unpaired) electrons. The van der Waals surface area contributed by atoms with Crippen molar-refractivity contribution in [1.82, 2.24) is 5.32 Å². The van der Waals surface area contributed by atoms with Gasteiger partial charge in [0.1, 0.15) is 0 Å². The second kappa shape index (κ2) is 6.37. The summed E-state index contributed by atoms with van der Waals surface area (Å²) in [5.74, 6) is 0.405. The molecule has 18 heavy (non-hydrogen) atoms. The van der Waals surface area contributed by atoms with E-state index in [9.17, 15) is 0 Å². The molecule has 2 unspecified atom stereocenters. The van der Waals surface area contributed by atoms with E-state index in [0.717, 1.165) is 11.6 Å². The van der Waals surface area contributed by atoms with E-state index < -0.39 is 0 Å². The lowest BCUT2D eigenvalue weighted by molar-refractivity contribution is 0.486. The highest BCUT2D eigenvalue weighted by atomic mass is 35.5. The first-order valence-corrected chi connectivity index (χ1v) is 7.51. The fourth-order valence-electron chi connectivity index (χ4n) is 2.19. The van der Waals surface area contributed by atoms with Crippen molar-refractivity contribution in [3.8, 4) is 0 Å². The molecule has 0 aliphatic heterocycles. The molecule has 0 saturated carbocycles. The molecule has 1 N–H and O–H groups in total. The largest absolute Gasteiger partial charge is 0.309 e. The maximum absolute atomic E-state index is 6.27. The van der Waals surface area contributed by atoms with Crippen LogP contribution < -0.4 is 5.32 Å². The third-order valence-corrected chi connectivity index (χ3v) is 4.62. The zero-order chi connectivity index (χ0) is 13.0. The van der Waals surface area contributed by atoms with Gasteiger partial charge >= 0.3 is 0 Å². The lowest BCUT2D eigenvalue weighted by Crippen LogP contribution is -2.25. The van der Waals surface area contributed by atoms with Gasteiger partial charge in [0.15, 0.2) is 0 Å². The lowest BCUT2D eigenvalue weighted by atomic mass is 9.92. The van der Waals surface area contributed by atoms with Gasteiger partial charge in [-0.2, -0.15) is 0 Å². The predicted octanol–water partition coefficient (Wildman–Crippen LogP) is 4.86. The van der Waals surface area contributed by atoms with E-state index in [2.05, 4.69) is 54.9 Å². The van der Waals surface area contributed by atoms with E-state index in [0.29, 0.717) is 5.92 Å². The normalized spacial score (nSPS) is 14.4.